The molecule has 0 spiro atoms. The Balaban J connectivity index is 2.70. The summed E-state index contributed by atoms with van der Waals surface area (Å²) in [5, 5.41) is 4.27. The molecule has 0 aliphatic rings. The van der Waals surface area contributed by atoms with E-state index in [1.807, 2.05) is 12.4 Å². The van der Waals surface area contributed by atoms with Crippen LogP contribution >= 0.6 is 15.9 Å². The van der Waals surface area contributed by atoms with Crippen molar-refractivity contribution >= 4 is 21.6 Å². The lowest BCUT2D eigenvalue weighted by Gasteiger charge is -2.15. The highest BCUT2D eigenvalue weighted by atomic mass is 79.9. The Morgan fingerprint density at radius 2 is 2.00 bits per heavy atom. The number of hydrogen-bond donors (Lipinski definition) is 0. The van der Waals surface area contributed by atoms with E-state index in [1.54, 1.807) is 10.7 Å². The Labute approximate surface area is 91.3 Å². The normalized spacial score (nSPS) is 12.3. The van der Waals surface area contributed by atoms with Crippen LogP contribution in [-0.2, 0) is 5.41 Å². The van der Waals surface area contributed by atoms with Crippen molar-refractivity contribution in [3.63, 3.8) is 0 Å². The Bertz CT molecular complexity index is 468. The molecule has 0 saturated carbocycles. The van der Waals surface area contributed by atoms with Gasteiger partial charge in [0.15, 0.2) is 5.65 Å². The van der Waals surface area contributed by atoms with E-state index in [9.17, 15) is 0 Å². The minimum Gasteiger partial charge on any atom is -0.236 e. The van der Waals surface area contributed by atoms with Gasteiger partial charge in [0.05, 0.1) is 10.7 Å². The van der Waals surface area contributed by atoms with Gasteiger partial charge in [-0.1, -0.05) is 20.8 Å². The fourth-order valence-electron chi connectivity index (χ4n) is 1.38. The molecule has 0 aromatic carbocycles. The molecule has 3 nitrogen and oxygen atoms in total. The van der Waals surface area contributed by atoms with Crippen molar-refractivity contribution in [2.45, 2.75) is 26.2 Å². The molecule has 74 valence electrons. The van der Waals surface area contributed by atoms with Crippen LogP contribution in [0.1, 0.15) is 26.3 Å². The van der Waals surface area contributed by atoms with Crippen LogP contribution < -0.4 is 0 Å². The number of rotatable bonds is 0. The minimum atomic E-state index is 0.0859. The first-order valence-electron chi connectivity index (χ1n) is 4.48. The maximum Gasteiger partial charge on any atom is 0.158 e. The minimum absolute atomic E-state index is 0.0859. The first-order valence-corrected chi connectivity index (χ1v) is 5.27. The molecule has 0 radical (unpaired) electrons. The molecule has 0 aliphatic heterocycles. The molecule has 2 rings (SSSR count). The molecule has 14 heavy (non-hydrogen) atoms. The van der Waals surface area contributed by atoms with Gasteiger partial charge in [-0.25, -0.2) is 9.50 Å². The molecule has 2 aromatic rings. The summed E-state index contributed by atoms with van der Waals surface area (Å²) in [5.41, 5.74) is 2.19. The summed E-state index contributed by atoms with van der Waals surface area (Å²) in [5.74, 6) is 0. The van der Waals surface area contributed by atoms with Gasteiger partial charge in [0.1, 0.15) is 0 Å². The molecule has 0 bridgehead atoms. The molecule has 0 atom stereocenters. The molecule has 0 fully saturated rings. The summed E-state index contributed by atoms with van der Waals surface area (Å²) in [4.78, 5) is 4.36. The predicted octanol–water partition coefficient (Wildman–Crippen LogP) is 2.79. The summed E-state index contributed by atoms with van der Waals surface area (Å²) < 4.78 is 2.73. The molecule has 4 heteroatoms. The second kappa shape index (κ2) is 3.05. The maximum atomic E-state index is 4.36. The van der Waals surface area contributed by atoms with Gasteiger partial charge in [0, 0.05) is 18.0 Å². The lowest BCUT2D eigenvalue weighted by molar-refractivity contribution is 0.594. The van der Waals surface area contributed by atoms with E-state index < -0.39 is 0 Å². The van der Waals surface area contributed by atoms with Crippen LogP contribution in [0.4, 0.5) is 0 Å². The quantitative estimate of drug-likeness (QED) is 0.723. The topological polar surface area (TPSA) is 30.2 Å². The summed E-state index contributed by atoms with van der Waals surface area (Å²) >= 11 is 3.37. The third-order valence-corrected chi connectivity index (χ3v) is 2.54. The standard InChI is InChI=1S/C10H12BrN3/c1-10(2,3)8-5-13-14-6-7(11)4-12-9(8)14/h4-6H,1-3H3. The molecule has 0 aliphatic carbocycles. The summed E-state index contributed by atoms with van der Waals surface area (Å²) in [7, 11) is 0. The van der Waals surface area contributed by atoms with Crippen LogP contribution in [0.5, 0.6) is 0 Å². The van der Waals surface area contributed by atoms with Gasteiger partial charge in [-0.2, -0.15) is 5.10 Å². The third kappa shape index (κ3) is 1.54. The number of fused-ring (bicyclic) bond motifs is 1. The summed E-state index contributed by atoms with van der Waals surface area (Å²) in [6.07, 6.45) is 5.60. The molecule has 2 heterocycles. The largest absolute Gasteiger partial charge is 0.236 e. The molecular weight excluding hydrogens is 242 g/mol. The predicted molar refractivity (Wildman–Crippen MR) is 59.4 cm³/mol. The highest BCUT2D eigenvalue weighted by molar-refractivity contribution is 9.10. The van der Waals surface area contributed by atoms with Crippen LogP contribution in [0.2, 0.25) is 0 Å². The maximum absolute atomic E-state index is 4.36. The Hall–Kier alpha value is -0.900. The average Bonchev–Trinajstić information content (AvgIpc) is 2.45. The zero-order chi connectivity index (χ0) is 10.3. The number of hydrogen-bond acceptors (Lipinski definition) is 2. The number of nitrogens with zero attached hydrogens (tertiary/aromatic N) is 3. The van der Waals surface area contributed by atoms with Crippen LogP contribution in [0.3, 0.4) is 0 Å². The van der Waals surface area contributed by atoms with E-state index in [0.29, 0.717) is 0 Å². The van der Waals surface area contributed by atoms with E-state index in [-0.39, 0.29) is 5.41 Å². The van der Waals surface area contributed by atoms with Crippen molar-refractivity contribution in [1.29, 1.82) is 0 Å². The highest BCUT2D eigenvalue weighted by Gasteiger charge is 2.19. The van der Waals surface area contributed by atoms with Crippen molar-refractivity contribution < 1.29 is 0 Å². The lowest BCUT2D eigenvalue weighted by Crippen LogP contribution is -2.10. The Morgan fingerprint density at radius 1 is 1.29 bits per heavy atom. The van der Waals surface area contributed by atoms with Gasteiger partial charge in [0.2, 0.25) is 0 Å². The van der Waals surface area contributed by atoms with Crippen molar-refractivity contribution in [2.75, 3.05) is 0 Å². The zero-order valence-electron chi connectivity index (χ0n) is 8.45. The fourth-order valence-corrected chi connectivity index (χ4v) is 1.68. The van der Waals surface area contributed by atoms with Gasteiger partial charge in [0.25, 0.3) is 0 Å². The SMILES string of the molecule is CC(C)(C)c1cnn2cc(Br)cnc12. The van der Waals surface area contributed by atoms with Gasteiger partial charge in [-0.3, -0.25) is 0 Å². The zero-order valence-corrected chi connectivity index (χ0v) is 10.0. The van der Waals surface area contributed by atoms with Crippen LogP contribution in [0.15, 0.2) is 23.1 Å². The number of aromatic nitrogens is 3. The van der Waals surface area contributed by atoms with Gasteiger partial charge in [-0.15, -0.1) is 0 Å². The number of halogens is 1. The van der Waals surface area contributed by atoms with Gasteiger partial charge < -0.3 is 0 Å². The second-order valence-corrected chi connectivity index (χ2v) is 5.26. The van der Waals surface area contributed by atoms with Crippen LogP contribution in [-0.4, -0.2) is 14.6 Å². The van der Waals surface area contributed by atoms with E-state index in [0.717, 1.165) is 10.1 Å². The molecule has 2 aromatic heterocycles. The lowest BCUT2D eigenvalue weighted by atomic mass is 9.89. The monoisotopic (exact) mass is 253 g/mol. The van der Waals surface area contributed by atoms with E-state index in [2.05, 4.69) is 46.8 Å². The average molecular weight is 254 g/mol. The first kappa shape index (κ1) is 9.65. The highest BCUT2D eigenvalue weighted by Crippen LogP contribution is 2.25. The molecular formula is C10H12BrN3. The molecule has 0 saturated heterocycles. The van der Waals surface area contributed by atoms with Gasteiger partial charge in [-0.05, 0) is 21.3 Å². The summed E-state index contributed by atoms with van der Waals surface area (Å²) in [6.45, 7) is 6.48. The van der Waals surface area contributed by atoms with E-state index in [4.69, 9.17) is 0 Å². The van der Waals surface area contributed by atoms with Crippen LogP contribution in [0, 0.1) is 0 Å². The Morgan fingerprint density at radius 3 is 2.64 bits per heavy atom. The first-order chi connectivity index (χ1) is 6.48. The van der Waals surface area contributed by atoms with Crippen LogP contribution in [0.25, 0.3) is 5.65 Å². The molecule has 0 N–H and O–H groups in total. The van der Waals surface area contributed by atoms with Crippen molar-refractivity contribution in [2.24, 2.45) is 0 Å². The van der Waals surface area contributed by atoms with Gasteiger partial charge >= 0.3 is 0 Å². The van der Waals surface area contributed by atoms with E-state index in [1.165, 1.54) is 5.56 Å². The van der Waals surface area contributed by atoms with Crippen molar-refractivity contribution in [1.82, 2.24) is 14.6 Å². The van der Waals surface area contributed by atoms with Crippen molar-refractivity contribution in [3.05, 3.63) is 28.6 Å². The molecule has 0 unspecified atom stereocenters. The fraction of sp³-hybridized carbons (Fsp3) is 0.400. The molecule has 0 amide bonds. The van der Waals surface area contributed by atoms with Crippen molar-refractivity contribution in [3.8, 4) is 0 Å². The summed E-state index contributed by atoms with van der Waals surface area (Å²) in [6, 6.07) is 0. The second-order valence-electron chi connectivity index (χ2n) is 4.35. The Kier molecular flexibility index (Phi) is 2.10. The smallest absolute Gasteiger partial charge is 0.158 e. The third-order valence-electron chi connectivity index (χ3n) is 2.13. The van der Waals surface area contributed by atoms with E-state index >= 15 is 0 Å².